The second kappa shape index (κ2) is 8.08. The molecule has 0 aliphatic heterocycles. The van der Waals surface area contributed by atoms with Crippen LogP contribution in [0.1, 0.15) is 72.6 Å². The van der Waals surface area contributed by atoms with Crippen molar-refractivity contribution in [2.24, 2.45) is 0 Å². The van der Waals surface area contributed by atoms with E-state index in [9.17, 15) is 9.90 Å². The first kappa shape index (κ1) is 18.7. The lowest BCUT2D eigenvalue weighted by Crippen LogP contribution is -2.43. The molecule has 0 aliphatic rings. The number of rotatable bonds is 9. The molecule has 2 nitrogen and oxygen atoms in total. The number of carbonyl (C=O) groups is 1. The van der Waals surface area contributed by atoms with Crippen LogP contribution >= 0.6 is 0 Å². The van der Waals surface area contributed by atoms with Crippen LogP contribution in [0.25, 0.3) is 0 Å². The molecule has 0 radical (unpaired) electrons. The highest BCUT2D eigenvalue weighted by molar-refractivity contribution is 6.81. The summed E-state index contributed by atoms with van der Waals surface area (Å²) in [7, 11) is -1.55. The largest absolute Gasteiger partial charge is 0.481 e. The molecular formula is C16H34O2Si. The molecule has 19 heavy (non-hydrogen) atoms. The lowest BCUT2D eigenvalue weighted by Gasteiger charge is -2.43. The smallest absolute Gasteiger partial charge is 0.303 e. The molecule has 0 spiro atoms. The molecule has 0 aromatic rings. The summed E-state index contributed by atoms with van der Waals surface area (Å²) in [6.45, 7) is 13.8. The standard InChI is InChI=1S/C16H34O2Si/c1-7-8-9-10-11-12-14(13-15(17)18)19(5,6)16(2,3)4/h14H,7-13H2,1-6H3,(H,17,18). The molecular weight excluding hydrogens is 252 g/mol. The molecule has 0 amide bonds. The Labute approximate surface area is 121 Å². The van der Waals surface area contributed by atoms with Crippen molar-refractivity contribution in [2.75, 3.05) is 0 Å². The van der Waals surface area contributed by atoms with Gasteiger partial charge in [0.2, 0.25) is 0 Å². The van der Waals surface area contributed by atoms with Crippen molar-refractivity contribution in [2.45, 2.75) is 96.3 Å². The summed E-state index contributed by atoms with van der Waals surface area (Å²) in [4.78, 5) is 11.1. The molecule has 0 aliphatic carbocycles. The van der Waals surface area contributed by atoms with Crippen molar-refractivity contribution >= 4 is 14.0 Å². The summed E-state index contributed by atoms with van der Waals surface area (Å²) in [6.07, 6.45) is 7.80. The van der Waals surface area contributed by atoms with Gasteiger partial charge in [-0.25, -0.2) is 0 Å². The Kier molecular flexibility index (Phi) is 7.95. The van der Waals surface area contributed by atoms with Gasteiger partial charge in [-0.3, -0.25) is 4.79 Å². The van der Waals surface area contributed by atoms with Crippen LogP contribution in [0.15, 0.2) is 0 Å². The average Bonchev–Trinajstić information content (AvgIpc) is 2.25. The van der Waals surface area contributed by atoms with Gasteiger partial charge in [0.1, 0.15) is 0 Å². The lowest BCUT2D eigenvalue weighted by atomic mass is 10.1. The van der Waals surface area contributed by atoms with E-state index in [2.05, 4.69) is 40.8 Å². The Hall–Kier alpha value is -0.313. The van der Waals surface area contributed by atoms with Gasteiger partial charge < -0.3 is 5.11 Å². The molecule has 3 heteroatoms. The Balaban J connectivity index is 4.51. The van der Waals surface area contributed by atoms with Crippen LogP contribution < -0.4 is 0 Å². The molecule has 0 aromatic carbocycles. The van der Waals surface area contributed by atoms with Crippen molar-refractivity contribution in [1.29, 1.82) is 0 Å². The summed E-state index contributed by atoms with van der Waals surface area (Å²) in [5.74, 6) is -0.622. The van der Waals surface area contributed by atoms with E-state index < -0.39 is 14.0 Å². The van der Waals surface area contributed by atoms with Crippen molar-refractivity contribution in [3.05, 3.63) is 0 Å². The topological polar surface area (TPSA) is 37.3 Å². The molecule has 1 atom stereocenters. The van der Waals surface area contributed by atoms with Crippen LogP contribution in [0.4, 0.5) is 0 Å². The Morgan fingerprint density at radius 3 is 2.05 bits per heavy atom. The Morgan fingerprint density at radius 1 is 1.11 bits per heavy atom. The highest BCUT2D eigenvalue weighted by Gasteiger charge is 2.42. The van der Waals surface area contributed by atoms with Crippen molar-refractivity contribution in [1.82, 2.24) is 0 Å². The zero-order valence-corrected chi connectivity index (χ0v) is 14.9. The highest BCUT2D eigenvalue weighted by atomic mass is 28.3. The van der Waals surface area contributed by atoms with E-state index in [-0.39, 0.29) is 5.04 Å². The molecule has 1 unspecified atom stereocenters. The minimum atomic E-state index is -1.55. The van der Waals surface area contributed by atoms with Crippen LogP contribution in [0.5, 0.6) is 0 Å². The van der Waals surface area contributed by atoms with E-state index >= 15 is 0 Å². The van der Waals surface area contributed by atoms with Gasteiger partial charge in [-0.1, -0.05) is 79.3 Å². The Morgan fingerprint density at radius 2 is 1.63 bits per heavy atom. The third-order valence-corrected chi connectivity index (χ3v) is 11.4. The van der Waals surface area contributed by atoms with Crippen LogP contribution in [0.3, 0.4) is 0 Å². The minimum absolute atomic E-state index is 0.274. The van der Waals surface area contributed by atoms with Crippen molar-refractivity contribution < 1.29 is 9.90 Å². The van der Waals surface area contributed by atoms with Crippen LogP contribution in [-0.2, 0) is 4.79 Å². The van der Waals surface area contributed by atoms with E-state index in [1.54, 1.807) is 0 Å². The van der Waals surface area contributed by atoms with E-state index in [1.807, 2.05) is 0 Å². The molecule has 114 valence electrons. The maximum atomic E-state index is 11.1. The number of carboxylic acid groups (broad SMARTS) is 1. The fraction of sp³-hybridized carbons (Fsp3) is 0.938. The van der Waals surface area contributed by atoms with Gasteiger partial charge in [0.15, 0.2) is 0 Å². The van der Waals surface area contributed by atoms with Crippen molar-refractivity contribution in [3.8, 4) is 0 Å². The number of carboxylic acids is 1. The minimum Gasteiger partial charge on any atom is -0.481 e. The molecule has 0 saturated heterocycles. The zero-order valence-electron chi connectivity index (χ0n) is 13.9. The van der Waals surface area contributed by atoms with E-state index in [0.29, 0.717) is 12.0 Å². The summed E-state index contributed by atoms with van der Waals surface area (Å²) in [5.41, 5.74) is 0.409. The van der Waals surface area contributed by atoms with E-state index in [4.69, 9.17) is 0 Å². The molecule has 0 fully saturated rings. The predicted octanol–water partition coefficient (Wildman–Crippen LogP) is 5.70. The normalized spacial score (nSPS) is 14.4. The fourth-order valence-electron chi connectivity index (χ4n) is 2.54. The number of hydrogen-bond donors (Lipinski definition) is 1. The zero-order chi connectivity index (χ0) is 15.1. The monoisotopic (exact) mass is 286 g/mol. The summed E-state index contributed by atoms with van der Waals surface area (Å²) in [6, 6.07) is 0. The molecule has 0 saturated carbocycles. The lowest BCUT2D eigenvalue weighted by molar-refractivity contribution is -0.137. The molecule has 0 rings (SSSR count). The van der Waals surface area contributed by atoms with E-state index in [1.165, 1.54) is 32.1 Å². The first-order valence-corrected chi connectivity index (χ1v) is 10.9. The number of hydrogen-bond acceptors (Lipinski definition) is 1. The predicted molar refractivity (Wildman–Crippen MR) is 86.6 cm³/mol. The van der Waals surface area contributed by atoms with Gasteiger partial charge in [0, 0.05) is 6.42 Å². The molecule has 0 bridgehead atoms. The number of unbranched alkanes of at least 4 members (excludes halogenated alkanes) is 4. The van der Waals surface area contributed by atoms with Crippen molar-refractivity contribution in [3.63, 3.8) is 0 Å². The second-order valence-corrected chi connectivity index (χ2v) is 13.2. The van der Waals surface area contributed by atoms with Gasteiger partial charge in [0.05, 0.1) is 8.07 Å². The molecule has 0 heterocycles. The maximum absolute atomic E-state index is 11.1. The van der Waals surface area contributed by atoms with Crippen LogP contribution in [0.2, 0.25) is 23.7 Å². The molecule has 1 N–H and O–H groups in total. The van der Waals surface area contributed by atoms with Crippen LogP contribution in [0, 0.1) is 0 Å². The van der Waals surface area contributed by atoms with Gasteiger partial charge in [-0.2, -0.15) is 0 Å². The maximum Gasteiger partial charge on any atom is 0.303 e. The van der Waals surface area contributed by atoms with Crippen LogP contribution in [-0.4, -0.2) is 19.1 Å². The quantitative estimate of drug-likeness (QED) is 0.436. The summed E-state index contributed by atoms with van der Waals surface area (Å²) >= 11 is 0. The average molecular weight is 287 g/mol. The van der Waals surface area contributed by atoms with E-state index in [0.717, 1.165) is 6.42 Å². The third-order valence-electron chi connectivity index (χ3n) is 5.03. The van der Waals surface area contributed by atoms with Gasteiger partial charge in [-0.05, 0) is 10.6 Å². The number of aliphatic carboxylic acids is 1. The first-order chi connectivity index (χ1) is 8.63. The third kappa shape index (κ3) is 6.60. The van der Waals surface area contributed by atoms with Gasteiger partial charge in [0.25, 0.3) is 0 Å². The first-order valence-electron chi connectivity index (χ1n) is 7.84. The second-order valence-electron chi connectivity index (χ2n) is 7.47. The Bertz CT molecular complexity index is 266. The summed E-state index contributed by atoms with van der Waals surface area (Å²) in [5, 5.41) is 9.45. The highest BCUT2D eigenvalue weighted by Crippen LogP contribution is 2.46. The van der Waals surface area contributed by atoms with Gasteiger partial charge >= 0.3 is 5.97 Å². The fourth-order valence-corrected chi connectivity index (χ4v) is 5.37. The SMILES string of the molecule is CCCCCCCC(CC(=O)O)[Si](C)(C)C(C)(C)C. The summed E-state index contributed by atoms with van der Waals surface area (Å²) < 4.78 is 0. The van der Waals surface area contributed by atoms with Gasteiger partial charge in [-0.15, -0.1) is 0 Å². The molecule has 0 aromatic heterocycles.